The third-order valence-electron chi connectivity index (χ3n) is 9.31. The normalized spacial score (nSPS) is 52.3. The van der Waals surface area contributed by atoms with E-state index >= 15 is 0 Å². The fourth-order valence-electron chi connectivity index (χ4n) is 8.71. The fraction of sp³-hybridized carbons (Fsp3) is 0.920. The van der Waals surface area contributed by atoms with Crippen molar-refractivity contribution in [3.63, 3.8) is 0 Å². The molecule has 2 nitrogen and oxygen atoms in total. The maximum Gasteiger partial charge on any atom is 0.0903 e. The lowest BCUT2D eigenvalue weighted by atomic mass is 9.62. The first-order valence-corrected chi connectivity index (χ1v) is 12.0. The predicted molar refractivity (Wildman–Crippen MR) is 113 cm³/mol. The summed E-state index contributed by atoms with van der Waals surface area (Å²) in [6.07, 6.45) is 19.6. The largest absolute Gasteiger partial charge is 0.353 e. The Kier molecular flexibility index (Phi) is 4.37. The number of nitrogens with zero attached hydrogens (tertiary/aromatic N) is 2. The lowest BCUT2D eigenvalue weighted by Gasteiger charge is -2.54. The number of hydrogen-bond acceptors (Lipinski definition) is 2. The van der Waals surface area contributed by atoms with Gasteiger partial charge < -0.3 is 9.80 Å². The molecule has 1 aliphatic heterocycles. The summed E-state index contributed by atoms with van der Waals surface area (Å²) in [6.45, 7) is 11.3. The SMILES string of the molecule is CC1CC2CC(C1)CC(C)(N1C=CN(C3(C)CC4CC(C)CC(C4)C3)C1)C2. The first-order chi connectivity index (χ1) is 12.8. The van der Waals surface area contributed by atoms with Gasteiger partial charge in [-0.2, -0.15) is 0 Å². The Morgan fingerprint density at radius 3 is 1.26 bits per heavy atom. The molecule has 0 aromatic heterocycles. The zero-order valence-corrected chi connectivity index (χ0v) is 18.3. The molecule has 5 rings (SSSR count). The van der Waals surface area contributed by atoms with Crippen LogP contribution in [0.4, 0.5) is 0 Å². The van der Waals surface area contributed by atoms with E-state index < -0.39 is 0 Å². The molecule has 0 N–H and O–H groups in total. The van der Waals surface area contributed by atoms with E-state index in [4.69, 9.17) is 0 Å². The molecule has 0 amide bonds. The minimum Gasteiger partial charge on any atom is -0.353 e. The molecule has 1 heterocycles. The summed E-state index contributed by atoms with van der Waals surface area (Å²) in [5.74, 6) is 5.84. The van der Waals surface area contributed by atoms with Crippen LogP contribution in [-0.2, 0) is 0 Å². The van der Waals surface area contributed by atoms with Crippen molar-refractivity contribution in [1.82, 2.24) is 9.80 Å². The smallest absolute Gasteiger partial charge is 0.0903 e. The van der Waals surface area contributed by atoms with Crippen LogP contribution in [0.5, 0.6) is 0 Å². The van der Waals surface area contributed by atoms with E-state index in [1.807, 2.05) is 0 Å². The molecule has 4 bridgehead atoms. The van der Waals surface area contributed by atoms with Crippen molar-refractivity contribution in [1.29, 1.82) is 0 Å². The van der Waals surface area contributed by atoms with Crippen LogP contribution < -0.4 is 0 Å². The Labute approximate surface area is 167 Å². The van der Waals surface area contributed by atoms with E-state index in [-0.39, 0.29) is 0 Å². The average Bonchev–Trinajstić information content (AvgIpc) is 3.03. The van der Waals surface area contributed by atoms with Gasteiger partial charge in [-0.3, -0.25) is 0 Å². The molecular weight excluding hydrogens is 328 g/mol. The zero-order valence-electron chi connectivity index (χ0n) is 18.3. The van der Waals surface area contributed by atoms with Gasteiger partial charge in [0.1, 0.15) is 0 Å². The Hall–Kier alpha value is -0.660. The molecule has 0 aromatic rings. The Morgan fingerprint density at radius 2 is 0.926 bits per heavy atom. The number of fused-ring (bicyclic) bond motifs is 4. The van der Waals surface area contributed by atoms with Gasteiger partial charge in [-0.05, 0) is 114 Å². The molecule has 0 radical (unpaired) electrons. The van der Waals surface area contributed by atoms with Crippen LogP contribution in [0.3, 0.4) is 0 Å². The maximum atomic E-state index is 2.75. The van der Waals surface area contributed by atoms with E-state index in [1.54, 1.807) is 0 Å². The van der Waals surface area contributed by atoms with Gasteiger partial charge in [-0.25, -0.2) is 0 Å². The highest BCUT2D eigenvalue weighted by Gasteiger charge is 2.48. The topological polar surface area (TPSA) is 6.48 Å². The highest BCUT2D eigenvalue weighted by molar-refractivity contribution is 5.09. The fourth-order valence-corrected chi connectivity index (χ4v) is 8.71. The average molecular weight is 371 g/mol. The Morgan fingerprint density at radius 1 is 0.593 bits per heavy atom. The van der Waals surface area contributed by atoms with Gasteiger partial charge in [0.15, 0.2) is 0 Å². The molecule has 4 unspecified atom stereocenters. The summed E-state index contributed by atoms with van der Waals surface area (Å²) in [6, 6.07) is 0. The summed E-state index contributed by atoms with van der Waals surface area (Å²) >= 11 is 0. The lowest BCUT2D eigenvalue weighted by Crippen LogP contribution is -2.55. The van der Waals surface area contributed by atoms with Crippen LogP contribution >= 0.6 is 0 Å². The number of hydrogen-bond donors (Lipinski definition) is 0. The molecule has 4 saturated carbocycles. The first kappa shape index (κ1) is 18.4. The maximum absolute atomic E-state index is 2.75. The monoisotopic (exact) mass is 370 g/mol. The molecule has 4 atom stereocenters. The van der Waals surface area contributed by atoms with Crippen LogP contribution in [-0.4, -0.2) is 27.5 Å². The van der Waals surface area contributed by atoms with Crippen LogP contribution in [0.15, 0.2) is 12.4 Å². The molecule has 27 heavy (non-hydrogen) atoms. The van der Waals surface area contributed by atoms with Gasteiger partial charge in [0, 0.05) is 23.5 Å². The van der Waals surface area contributed by atoms with Crippen molar-refractivity contribution in [3.8, 4) is 0 Å². The van der Waals surface area contributed by atoms with Crippen LogP contribution in [0, 0.1) is 35.5 Å². The van der Waals surface area contributed by atoms with Crippen LogP contribution in [0.2, 0.25) is 0 Å². The summed E-state index contributed by atoms with van der Waals surface area (Å²) in [5.41, 5.74) is 0.794. The molecule has 0 saturated heterocycles. The molecule has 2 heteroatoms. The van der Waals surface area contributed by atoms with E-state index in [0.717, 1.165) is 42.2 Å². The number of rotatable bonds is 2. The molecule has 4 fully saturated rings. The molecule has 0 aromatic carbocycles. The summed E-state index contributed by atoms with van der Waals surface area (Å²) in [5, 5.41) is 0. The summed E-state index contributed by atoms with van der Waals surface area (Å²) in [4.78, 5) is 5.50. The highest BCUT2D eigenvalue weighted by Crippen LogP contribution is 2.51. The quantitative estimate of drug-likeness (QED) is 0.567. The Balaban J connectivity index is 1.27. The molecule has 152 valence electrons. The zero-order chi connectivity index (χ0) is 18.8. The lowest BCUT2D eigenvalue weighted by molar-refractivity contribution is -0.0289. The van der Waals surface area contributed by atoms with Crippen LogP contribution in [0.1, 0.15) is 91.9 Å². The second-order valence-electron chi connectivity index (χ2n) is 12.3. The second kappa shape index (κ2) is 6.42. The van der Waals surface area contributed by atoms with Gasteiger partial charge in [0.25, 0.3) is 0 Å². The third-order valence-corrected chi connectivity index (χ3v) is 9.31. The van der Waals surface area contributed by atoms with E-state index in [1.165, 1.54) is 64.2 Å². The van der Waals surface area contributed by atoms with Gasteiger partial charge in [0.2, 0.25) is 0 Å². The molecular formula is C25H42N2. The Bertz CT molecular complexity index is 509. The van der Waals surface area contributed by atoms with Crippen molar-refractivity contribution in [2.75, 3.05) is 6.67 Å². The van der Waals surface area contributed by atoms with E-state index in [9.17, 15) is 0 Å². The van der Waals surface area contributed by atoms with Gasteiger partial charge >= 0.3 is 0 Å². The van der Waals surface area contributed by atoms with Gasteiger partial charge in [0.05, 0.1) is 6.67 Å². The minimum atomic E-state index is 0.397. The van der Waals surface area contributed by atoms with Crippen molar-refractivity contribution in [2.45, 2.75) is 103 Å². The minimum absolute atomic E-state index is 0.397. The summed E-state index contributed by atoms with van der Waals surface area (Å²) in [7, 11) is 0. The van der Waals surface area contributed by atoms with Crippen molar-refractivity contribution in [2.24, 2.45) is 35.5 Å². The van der Waals surface area contributed by atoms with Crippen LogP contribution in [0.25, 0.3) is 0 Å². The van der Waals surface area contributed by atoms with Crippen molar-refractivity contribution in [3.05, 3.63) is 12.4 Å². The standard InChI is InChI=1S/C25H42N2/c1-18-7-20-11-21(8-18)14-24(3,13-20)26-5-6-27(17-26)25(4)15-22-9-19(2)10-23(12-22)16-25/h5-6,18-23H,7-17H2,1-4H3. The highest BCUT2D eigenvalue weighted by atomic mass is 15.4. The summed E-state index contributed by atoms with van der Waals surface area (Å²) < 4.78 is 0. The van der Waals surface area contributed by atoms with Crippen molar-refractivity contribution < 1.29 is 0 Å². The third kappa shape index (κ3) is 3.33. The predicted octanol–water partition coefficient (Wildman–Crippen LogP) is 6.24. The van der Waals surface area contributed by atoms with Gasteiger partial charge in [-0.1, -0.05) is 13.8 Å². The molecule has 5 aliphatic rings. The molecule has 4 aliphatic carbocycles. The first-order valence-electron chi connectivity index (χ1n) is 12.0. The van der Waals surface area contributed by atoms with E-state index in [0.29, 0.717) is 11.1 Å². The second-order valence-corrected chi connectivity index (χ2v) is 12.3. The molecule has 0 spiro atoms. The van der Waals surface area contributed by atoms with Gasteiger partial charge in [-0.15, -0.1) is 0 Å². The van der Waals surface area contributed by atoms with E-state index in [2.05, 4.69) is 49.9 Å². The van der Waals surface area contributed by atoms with Crippen molar-refractivity contribution >= 4 is 0 Å².